The number of aromatic nitrogens is 1. The number of hydrogen-bond donors (Lipinski definition) is 6. The summed E-state index contributed by atoms with van der Waals surface area (Å²) in [4.78, 5) is 46.1. The molecule has 1 aliphatic heterocycles. The molecule has 8 rings (SSSR count). The first-order valence-electron chi connectivity index (χ1n) is 24.2. The number of phosphoric ester groups is 1. The van der Waals surface area contributed by atoms with E-state index in [9.17, 15) is 39.3 Å². The van der Waals surface area contributed by atoms with Crippen LogP contribution in [0.25, 0.3) is 0 Å². The van der Waals surface area contributed by atoms with E-state index >= 15 is 4.39 Å². The summed E-state index contributed by atoms with van der Waals surface area (Å²) in [6.45, 7) is 5.21. The highest BCUT2D eigenvalue weighted by Gasteiger charge is 2.79. The van der Waals surface area contributed by atoms with Crippen molar-refractivity contribution in [1.29, 1.82) is 0 Å². The average molecular weight is 962 g/mol. The summed E-state index contributed by atoms with van der Waals surface area (Å²) in [5.74, 6) is -2.05. The fraction of sp³-hybridized carbons (Fsp3) is 0.558. The number of ketones is 2. The van der Waals surface area contributed by atoms with Crippen LogP contribution in [0.1, 0.15) is 113 Å². The van der Waals surface area contributed by atoms with E-state index in [2.05, 4.69) is 29.6 Å². The zero-order valence-electron chi connectivity index (χ0n) is 39.0. The molecule has 2 heterocycles. The lowest BCUT2D eigenvalue weighted by Gasteiger charge is -2.62. The number of unbranched alkanes of at least 4 members (excludes halogenated alkanes) is 4. The van der Waals surface area contributed by atoms with E-state index in [0.717, 1.165) is 58.2 Å². The van der Waals surface area contributed by atoms with Gasteiger partial charge in [-0.1, -0.05) is 73.9 Å². The van der Waals surface area contributed by atoms with Crippen LogP contribution in [-0.4, -0.2) is 93.1 Å². The topological polar surface area (TPSA) is 205 Å². The molecular weight excluding hydrogens is 895 g/mol. The number of ether oxygens (including phenoxy) is 3. The molecule has 10 atom stereocenters. The van der Waals surface area contributed by atoms with Gasteiger partial charge in [0.05, 0.1) is 29.4 Å². The molecule has 14 nitrogen and oxygen atoms in total. The fourth-order valence-electron chi connectivity index (χ4n) is 12.2. The van der Waals surface area contributed by atoms with Crippen LogP contribution in [0.5, 0.6) is 5.75 Å². The Morgan fingerprint density at radius 3 is 2.54 bits per heavy atom. The number of aryl methyl sites for hydroxylation is 1. The minimum Gasteiger partial charge on any atom is -0.404 e. The van der Waals surface area contributed by atoms with Crippen LogP contribution >= 0.6 is 7.82 Å². The number of alkyl halides is 1. The molecule has 1 aromatic heterocycles. The van der Waals surface area contributed by atoms with Crippen molar-refractivity contribution in [3.8, 4) is 5.75 Å². The second-order valence-electron chi connectivity index (χ2n) is 19.8. The van der Waals surface area contributed by atoms with Crippen molar-refractivity contribution in [3.05, 3.63) is 119 Å². The van der Waals surface area contributed by atoms with E-state index in [1.807, 2.05) is 19.1 Å². The molecule has 0 amide bonds. The van der Waals surface area contributed by atoms with Gasteiger partial charge in [0.2, 0.25) is 0 Å². The number of hydrogen-bond acceptors (Lipinski definition) is 11. The summed E-state index contributed by atoms with van der Waals surface area (Å²) in [6.07, 6.45) is 11.5. The third kappa shape index (κ3) is 9.86. The zero-order valence-corrected chi connectivity index (χ0v) is 39.9. The van der Waals surface area contributed by atoms with Crippen molar-refractivity contribution >= 4 is 19.4 Å². The van der Waals surface area contributed by atoms with E-state index < -0.39 is 78.8 Å². The second-order valence-corrected chi connectivity index (χ2v) is 21.0. The van der Waals surface area contributed by atoms with Crippen molar-refractivity contribution in [3.63, 3.8) is 0 Å². The first-order valence-corrected chi connectivity index (χ1v) is 25.7. The number of pyridine rings is 1. The number of carbonyl (C=O) groups is 2. The molecule has 5 aliphatic rings. The van der Waals surface area contributed by atoms with Gasteiger partial charge in [-0.05, 0) is 106 Å². The summed E-state index contributed by atoms with van der Waals surface area (Å²) < 4.78 is 55.9. The number of benzene rings is 2. The number of nitrogens with zero attached hydrogens (tertiary/aromatic N) is 1. The normalized spacial score (nSPS) is 31.1. The lowest BCUT2D eigenvalue weighted by Crippen LogP contribution is -2.69. The Labute approximate surface area is 397 Å². The molecule has 0 bridgehead atoms. The third-order valence-electron chi connectivity index (χ3n) is 15.7. The van der Waals surface area contributed by atoms with Gasteiger partial charge in [0.25, 0.3) is 0 Å². The van der Waals surface area contributed by atoms with E-state index in [1.165, 1.54) is 17.7 Å². The van der Waals surface area contributed by atoms with Crippen molar-refractivity contribution in [2.45, 2.75) is 127 Å². The Hall–Kier alpha value is -3.99. The van der Waals surface area contributed by atoms with Gasteiger partial charge in [-0.2, -0.15) is 0 Å². The maximum absolute atomic E-state index is 17.8. The third-order valence-corrected chi connectivity index (χ3v) is 16.1. The van der Waals surface area contributed by atoms with Crippen LogP contribution in [0.3, 0.4) is 0 Å². The molecule has 0 spiro atoms. The van der Waals surface area contributed by atoms with Crippen LogP contribution in [-0.2, 0) is 41.3 Å². The Morgan fingerprint density at radius 1 is 1.01 bits per heavy atom. The van der Waals surface area contributed by atoms with Gasteiger partial charge < -0.3 is 39.4 Å². The summed E-state index contributed by atoms with van der Waals surface area (Å²) >= 11 is 0. The predicted molar refractivity (Wildman–Crippen MR) is 249 cm³/mol. The molecule has 2 saturated carbocycles. The molecule has 68 heavy (non-hydrogen) atoms. The maximum atomic E-state index is 17.8. The minimum atomic E-state index is -5.01. The van der Waals surface area contributed by atoms with E-state index in [1.54, 1.807) is 54.2 Å². The quantitative estimate of drug-likeness (QED) is 0.0279. The van der Waals surface area contributed by atoms with Crippen LogP contribution < -0.4 is 14.4 Å². The van der Waals surface area contributed by atoms with Crippen LogP contribution in [0.2, 0.25) is 0 Å². The van der Waals surface area contributed by atoms with E-state index in [0.29, 0.717) is 28.8 Å². The van der Waals surface area contributed by atoms with Gasteiger partial charge >= 0.3 is 7.82 Å². The van der Waals surface area contributed by atoms with Gasteiger partial charge in [-0.15, -0.1) is 0 Å². The smallest absolute Gasteiger partial charge is 0.404 e. The van der Waals surface area contributed by atoms with Crippen molar-refractivity contribution in [2.75, 3.05) is 32.9 Å². The minimum absolute atomic E-state index is 0.0779. The Bertz CT molecular complexity index is 2400. The number of allylic oxidation sites excluding steroid dienone is 4. The number of carbonyl (C=O) groups excluding carboxylic acids is 2. The van der Waals surface area contributed by atoms with Crippen LogP contribution in [0.15, 0.2) is 96.9 Å². The van der Waals surface area contributed by atoms with Crippen molar-refractivity contribution in [1.82, 2.24) is 5.32 Å². The molecule has 3 fully saturated rings. The molecule has 16 heteroatoms. The number of aliphatic hydroxyl groups is 3. The molecule has 4 aliphatic carbocycles. The van der Waals surface area contributed by atoms with Gasteiger partial charge in [0.1, 0.15) is 12.4 Å². The molecule has 368 valence electrons. The average Bonchev–Trinajstić information content (AvgIpc) is 3.81. The number of Topliss-reactive ketones (excluding diaryl/α,β-unsaturated/α-hetero) is 1. The summed E-state index contributed by atoms with van der Waals surface area (Å²) in [5, 5.41) is 36.6. The number of fused-ring (bicyclic) bond motifs is 7. The molecule has 0 radical (unpaired) electrons. The lowest BCUT2D eigenvalue weighted by molar-refractivity contribution is -0.689. The number of rotatable bonds is 22. The SMILES string of the molecule is C[C@]12C=CC(=O)CC1=CCC1C3C[C@H]4OC(c5ccc[n+](Cc6ccc(C(O)CNCCCCCCOCCCCc7ccccc7)cc6OP(=O)(O)O)c5)O[C@@]4(C(=O)CO)[C@@]3(C)C[C@H](O)[C@@]12F. The Balaban J connectivity index is 0.870. The van der Waals surface area contributed by atoms with Gasteiger partial charge in [-0.25, -0.2) is 13.5 Å². The summed E-state index contributed by atoms with van der Waals surface area (Å²) in [6, 6.07) is 18.7. The lowest BCUT2D eigenvalue weighted by atomic mass is 9.45. The highest BCUT2D eigenvalue weighted by molar-refractivity contribution is 7.46. The van der Waals surface area contributed by atoms with Crippen molar-refractivity contribution < 1.29 is 67.0 Å². The van der Waals surface area contributed by atoms with Gasteiger partial charge in [0, 0.05) is 49.0 Å². The second kappa shape index (κ2) is 20.8. The first-order chi connectivity index (χ1) is 32.5. The number of aliphatic hydroxyl groups excluding tert-OH is 3. The largest absolute Gasteiger partial charge is 0.524 e. The van der Waals surface area contributed by atoms with Gasteiger partial charge in [0.15, 0.2) is 48.1 Å². The maximum Gasteiger partial charge on any atom is 0.524 e. The number of nitrogens with one attached hydrogen (secondary N) is 1. The van der Waals surface area contributed by atoms with Gasteiger partial charge in [-0.3, -0.25) is 19.4 Å². The highest BCUT2D eigenvalue weighted by atomic mass is 31.2. The Morgan fingerprint density at radius 2 is 1.78 bits per heavy atom. The summed E-state index contributed by atoms with van der Waals surface area (Å²) in [7, 11) is -5.01. The summed E-state index contributed by atoms with van der Waals surface area (Å²) in [5.41, 5.74) is -2.86. The van der Waals surface area contributed by atoms with Crippen LogP contribution in [0.4, 0.5) is 4.39 Å². The van der Waals surface area contributed by atoms with E-state index in [-0.39, 0.29) is 50.3 Å². The van der Waals surface area contributed by atoms with Crippen molar-refractivity contribution in [2.24, 2.45) is 22.7 Å². The molecule has 2 aromatic carbocycles. The van der Waals surface area contributed by atoms with Crippen LogP contribution in [0, 0.1) is 22.7 Å². The highest BCUT2D eigenvalue weighted by Crippen LogP contribution is 2.72. The number of halogens is 1. The molecular formula is C52H67FN2O12P+. The predicted octanol–water partition coefficient (Wildman–Crippen LogP) is 6.41. The molecule has 4 unspecified atom stereocenters. The molecule has 6 N–H and O–H groups in total. The first kappa shape index (κ1) is 50.4. The van der Waals surface area contributed by atoms with E-state index in [4.69, 9.17) is 18.7 Å². The Kier molecular flexibility index (Phi) is 15.4. The molecule has 1 saturated heterocycles. The number of phosphoric acid groups is 1. The zero-order chi connectivity index (χ0) is 48.3. The molecule has 3 aromatic rings. The fourth-order valence-corrected chi connectivity index (χ4v) is 12.6. The standard InChI is InChI=1S/C52H66FN2O12P/c1-49-22-21-40(57)28-39(49)19-20-41-42-29-47-52(46(60)34-56,50(42,2)30-45(59)51(41,49)53)66-48(65-47)38-16-12-24-55(33-38)32-37-18-17-36(27-44(37)67-68(61,62)63)43(58)31-54-23-9-3-4-10-25-64-26-11-8-15-35-13-6-5-7-14-35/h5-7,12-14,16-19,21-22,24,27,33,41-43,45,47-48,54,56,58-59H,3-4,8-11,15,20,23,25-26,28-32,34H2,1-2H3,(H-,61,62,63)/p+1/t41?,42?,43?,45-,47+,48?,49-,50-,51-,52+/m0/s1. The monoisotopic (exact) mass is 961 g/mol.